The third kappa shape index (κ3) is 2.33. The molecule has 1 aromatic carbocycles. The van der Waals surface area contributed by atoms with Gasteiger partial charge in [0, 0.05) is 11.7 Å². The molecule has 0 fully saturated rings. The Kier molecular flexibility index (Phi) is 2.86. The molecule has 0 bridgehead atoms. The van der Waals surface area contributed by atoms with E-state index in [2.05, 4.69) is 21.0 Å². The molecular weight excluding hydrogens is 266 g/mol. The van der Waals surface area contributed by atoms with Crippen LogP contribution < -0.4 is 5.73 Å². The van der Waals surface area contributed by atoms with Crippen molar-refractivity contribution in [2.75, 3.05) is 0 Å². The number of hydrogen-bond acceptors (Lipinski definition) is 2. The van der Waals surface area contributed by atoms with Crippen molar-refractivity contribution in [3.05, 3.63) is 46.7 Å². The molecule has 4 heteroatoms. The first-order valence-corrected chi connectivity index (χ1v) is 5.86. The fraction of sp³-hybridized carbons (Fsp3) is 0.250. The first-order valence-electron chi connectivity index (χ1n) is 5.07. The summed E-state index contributed by atoms with van der Waals surface area (Å²) in [6.07, 6.45) is 3.68. The Labute approximate surface area is 103 Å². The summed E-state index contributed by atoms with van der Waals surface area (Å²) >= 11 is 3.37. The molecule has 0 aliphatic rings. The molecule has 0 amide bonds. The number of aromatic nitrogens is 2. The maximum absolute atomic E-state index is 6.02. The largest absolute Gasteiger partial charge is 0.322 e. The number of hydrogen-bond donors (Lipinski definition) is 1. The smallest absolute Gasteiger partial charge is 0.0646 e. The molecule has 1 aromatic heterocycles. The van der Waals surface area contributed by atoms with Crippen LogP contribution in [0.1, 0.15) is 19.4 Å². The molecule has 0 atom stereocenters. The minimum Gasteiger partial charge on any atom is -0.322 e. The van der Waals surface area contributed by atoms with Crippen molar-refractivity contribution < 1.29 is 0 Å². The third-order valence-corrected chi connectivity index (χ3v) is 2.84. The van der Waals surface area contributed by atoms with Crippen LogP contribution in [0.25, 0.3) is 5.69 Å². The van der Waals surface area contributed by atoms with Gasteiger partial charge in [-0.05, 0) is 47.5 Å². The van der Waals surface area contributed by atoms with Gasteiger partial charge in [0.25, 0.3) is 0 Å². The summed E-state index contributed by atoms with van der Waals surface area (Å²) in [6, 6.07) is 8.10. The highest BCUT2D eigenvalue weighted by atomic mass is 79.9. The predicted molar refractivity (Wildman–Crippen MR) is 68.5 cm³/mol. The molecule has 0 saturated carbocycles. The maximum atomic E-state index is 6.02. The highest BCUT2D eigenvalue weighted by Gasteiger charge is 2.13. The Morgan fingerprint density at radius 2 is 1.88 bits per heavy atom. The SMILES string of the molecule is CC(C)(N)c1ccc(-n2cc(Br)cn2)cc1. The first kappa shape index (κ1) is 11.4. The van der Waals surface area contributed by atoms with Crippen molar-refractivity contribution in [2.45, 2.75) is 19.4 Å². The summed E-state index contributed by atoms with van der Waals surface area (Å²) < 4.78 is 2.79. The zero-order chi connectivity index (χ0) is 11.8. The lowest BCUT2D eigenvalue weighted by Gasteiger charge is -2.19. The van der Waals surface area contributed by atoms with E-state index in [1.807, 2.05) is 49.0 Å². The van der Waals surface area contributed by atoms with Crippen molar-refractivity contribution in [3.8, 4) is 5.69 Å². The maximum Gasteiger partial charge on any atom is 0.0646 e. The first-order chi connectivity index (χ1) is 7.47. The fourth-order valence-corrected chi connectivity index (χ4v) is 1.77. The van der Waals surface area contributed by atoms with Gasteiger partial charge in [0.05, 0.1) is 16.4 Å². The van der Waals surface area contributed by atoms with Gasteiger partial charge in [-0.15, -0.1) is 0 Å². The number of nitrogens with two attached hydrogens (primary N) is 1. The Bertz CT molecular complexity index is 480. The molecule has 1 heterocycles. The molecule has 0 saturated heterocycles. The second-order valence-corrected chi connectivity index (χ2v) is 5.29. The van der Waals surface area contributed by atoms with Crippen molar-refractivity contribution in [3.63, 3.8) is 0 Å². The summed E-state index contributed by atoms with van der Waals surface area (Å²) in [5.74, 6) is 0. The van der Waals surface area contributed by atoms with Crippen molar-refractivity contribution >= 4 is 15.9 Å². The van der Waals surface area contributed by atoms with Crippen molar-refractivity contribution in [1.82, 2.24) is 9.78 Å². The molecule has 0 aliphatic heterocycles. The number of benzene rings is 1. The summed E-state index contributed by atoms with van der Waals surface area (Å²) in [5, 5.41) is 4.22. The third-order valence-electron chi connectivity index (χ3n) is 2.43. The number of halogens is 1. The lowest BCUT2D eigenvalue weighted by atomic mass is 9.96. The van der Waals surface area contributed by atoms with E-state index in [0.717, 1.165) is 15.7 Å². The van der Waals surface area contributed by atoms with E-state index in [4.69, 9.17) is 5.73 Å². The van der Waals surface area contributed by atoms with Gasteiger partial charge in [-0.2, -0.15) is 5.10 Å². The second kappa shape index (κ2) is 4.03. The van der Waals surface area contributed by atoms with Crippen molar-refractivity contribution in [2.24, 2.45) is 5.73 Å². The normalized spacial score (nSPS) is 11.8. The molecule has 0 unspecified atom stereocenters. The average Bonchev–Trinajstić information content (AvgIpc) is 2.64. The molecule has 0 spiro atoms. The summed E-state index contributed by atoms with van der Waals surface area (Å²) in [5.41, 5.74) is 7.86. The van der Waals surface area contributed by atoms with Gasteiger partial charge in [-0.3, -0.25) is 0 Å². The van der Waals surface area contributed by atoms with Crippen LogP contribution >= 0.6 is 15.9 Å². The van der Waals surface area contributed by atoms with Crippen LogP contribution in [0.15, 0.2) is 41.1 Å². The Morgan fingerprint density at radius 3 is 2.31 bits per heavy atom. The van der Waals surface area contributed by atoms with E-state index >= 15 is 0 Å². The standard InChI is InChI=1S/C12H14BrN3/c1-12(2,14)9-3-5-11(6-4-9)16-8-10(13)7-15-16/h3-8H,14H2,1-2H3. The lowest BCUT2D eigenvalue weighted by molar-refractivity contribution is 0.554. The summed E-state index contributed by atoms with van der Waals surface area (Å²) in [4.78, 5) is 0. The van der Waals surface area contributed by atoms with E-state index in [1.165, 1.54) is 0 Å². The quantitative estimate of drug-likeness (QED) is 0.919. The molecule has 84 valence electrons. The van der Waals surface area contributed by atoms with Gasteiger partial charge in [-0.1, -0.05) is 12.1 Å². The van der Waals surface area contributed by atoms with Gasteiger partial charge < -0.3 is 5.73 Å². The van der Waals surface area contributed by atoms with Crippen LogP contribution in [-0.4, -0.2) is 9.78 Å². The lowest BCUT2D eigenvalue weighted by Crippen LogP contribution is -2.28. The van der Waals surface area contributed by atoms with E-state index in [1.54, 1.807) is 6.20 Å². The van der Waals surface area contributed by atoms with Gasteiger partial charge >= 0.3 is 0 Å². The Morgan fingerprint density at radius 1 is 1.25 bits per heavy atom. The predicted octanol–water partition coefficient (Wildman–Crippen LogP) is 2.83. The zero-order valence-electron chi connectivity index (χ0n) is 9.31. The van der Waals surface area contributed by atoms with Crippen LogP contribution in [0.3, 0.4) is 0 Å². The summed E-state index contributed by atoms with van der Waals surface area (Å²) in [7, 11) is 0. The zero-order valence-corrected chi connectivity index (χ0v) is 10.9. The fourth-order valence-electron chi connectivity index (χ4n) is 1.49. The average molecular weight is 280 g/mol. The highest BCUT2D eigenvalue weighted by Crippen LogP contribution is 2.19. The molecular formula is C12H14BrN3. The highest BCUT2D eigenvalue weighted by molar-refractivity contribution is 9.10. The number of rotatable bonds is 2. The molecule has 0 aliphatic carbocycles. The molecule has 2 N–H and O–H groups in total. The topological polar surface area (TPSA) is 43.8 Å². The van der Waals surface area contributed by atoms with Gasteiger partial charge in [0.1, 0.15) is 0 Å². The van der Waals surface area contributed by atoms with E-state index in [-0.39, 0.29) is 5.54 Å². The molecule has 16 heavy (non-hydrogen) atoms. The number of nitrogens with zero attached hydrogens (tertiary/aromatic N) is 2. The Hall–Kier alpha value is -1.13. The van der Waals surface area contributed by atoms with Gasteiger partial charge in [-0.25, -0.2) is 4.68 Å². The minimum atomic E-state index is -0.302. The van der Waals surface area contributed by atoms with Crippen LogP contribution in [-0.2, 0) is 5.54 Å². The van der Waals surface area contributed by atoms with Crippen LogP contribution in [0.4, 0.5) is 0 Å². The minimum absolute atomic E-state index is 0.302. The Balaban J connectivity index is 2.33. The van der Waals surface area contributed by atoms with Crippen molar-refractivity contribution in [1.29, 1.82) is 0 Å². The van der Waals surface area contributed by atoms with Crippen LogP contribution in [0.2, 0.25) is 0 Å². The molecule has 2 rings (SSSR count). The molecule has 2 aromatic rings. The van der Waals surface area contributed by atoms with E-state index < -0.39 is 0 Å². The van der Waals surface area contributed by atoms with E-state index in [9.17, 15) is 0 Å². The van der Waals surface area contributed by atoms with Gasteiger partial charge in [0.2, 0.25) is 0 Å². The van der Waals surface area contributed by atoms with E-state index in [0.29, 0.717) is 0 Å². The second-order valence-electron chi connectivity index (χ2n) is 4.37. The monoisotopic (exact) mass is 279 g/mol. The molecule has 0 radical (unpaired) electrons. The van der Waals surface area contributed by atoms with Crippen LogP contribution in [0, 0.1) is 0 Å². The summed E-state index contributed by atoms with van der Waals surface area (Å²) in [6.45, 7) is 3.99. The molecule has 3 nitrogen and oxygen atoms in total. The van der Waals surface area contributed by atoms with Crippen LogP contribution in [0.5, 0.6) is 0 Å². The van der Waals surface area contributed by atoms with Gasteiger partial charge in [0.15, 0.2) is 0 Å².